The van der Waals surface area contributed by atoms with E-state index in [4.69, 9.17) is 12.2 Å². The summed E-state index contributed by atoms with van der Waals surface area (Å²) in [5.41, 5.74) is 0. The van der Waals surface area contributed by atoms with Crippen molar-refractivity contribution in [3.05, 3.63) is 0 Å². The molecule has 0 aliphatic heterocycles. The van der Waals surface area contributed by atoms with Gasteiger partial charge in [0, 0.05) is 12.1 Å². The molecule has 2 fully saturated rings. The Hall–Kier alpha value is -0.310. The maximum absolute atomic E-state index is 5.63. The van der Waals surface area contributed by atoms with E-state index >= 15 is 0 Å². The standard InChI is InChI=1S/C19H36N2S/c1-5-14-11-16(13(3)4)12-15(6-2)18(14)21-19(22)20-17-9-7-8-10-17/h13-18H,5-12H2,1-4H3,(H2,20,21,22). The van der Waals surface area contributed by atoms with Gasteiger partial charge in [-0.1, -0.05) is 53.4 Å². The first kappa shape index (κ1) is 18.0. The lowest BCUT2D eigenvalue weighted by Crippen LogP contribution is -2.53. The molecule has 0 spiro atoms. The van der Waals surface area contributed by atoms with E-state index in [0.717, 1.165) is 28.8 Å². The molecule has 2 aliphatic rings. The molecule has 0 radical (unpaired) electrons. The highest BCUT2D eigenvalue weighted by atomic mass is 32.1. The van der Waals surface area contributed by atoms with Crippen LogP contribution in [0.2, 0.25) is 0 Å². The average Bonchev–Trinajstić information content (AvgIpc) is 2.99. The van der Waals surface area contributed by atoms with Crippen LogP contribution in [0.5, 0.6) is 0 Å². The second-order valence-corrected chi connectivity index (χ2v) is 8.35. The summed E-state index contributed by atoms with van der Waals surface area (Å²) in [6, 6.07) is 1.19. The van der Waals surface area contributed by atoms with Crippen molar-refractivity contribution in [3.63, 3.8) is 0 Å². The van der Waals surface area contributed by atoms with Gasteiger partial charge in [0.2, 0.25) is 0 Å². The van der Waals surface area contributed by atoms with E-state index in [1.807, 2.05) is 0 Å². The van der Waals surface area contributed by atoms with Crippen molar-refractivity contribution in [1.29, 1.82) is 0 Å². The highest BCUT2D eigenvalue weighted by molar-refractivity contribution is 7.80. The monoisotopic (exact) mass is 324 g/mol. The molecular formula is C19H36N2S. The quantitative estimate of drug-likeness (QED) is 0.705. The SMILES string of the molecule is CCC1CC(C(C)C)CC(CC)C1NC(=S)NC1CCCC1. The summed E-state index contributed by atoms with van der Waals surface area (Å²) < 4.78 is 0. The molecule has 2 N–H and O–H groups in total. The van der Waals surface area contributed by atoms with Crippen LogP contribution in [0.1, 0.15) is 79.1 Å². The van der Waals surface area contributed by atoms with E-state index in [1.165, 1.54) is 51.4 Å². The summed E-state index contributed by atoms with van der Waals surface area (Å²) in [5.74, 6) is 3.25. The van der Waals surface area contributed by atoms with Gasteiger partial charge >= 0.3 is 0 Å². The van der Waals surface area contributed by atoms with Crippen LogP contribution in [0.15, 0.2) is 0 Å². The Morgan fingerprint density at radius 2 is 1.55 bits per heavy atom. The van der Waals surface area contributed by atoms with Crippen molar-refractivity contribution in [2.45, 2.75) is 91.1 Å². The molecule has 0 bridgehead atoms. The molecule has 0 heterocycles. The minimum absolute atomic E-state index is 0.575. The van der Waals surface area contributed by atoms with Crippen molar-refractivity contribution in [3.8, 4) is 0 Å². The minimum Gasteiger partial charge on any atom is -0.360 e. The van der Waals surface area contributed by atoms with E-state index in [2.05, 4.69) is 38.3 Å². The van der Waals surface area contributed by atoms with Gasteiger partial charge in [0.25, 0.3) is 0 Å². The topological polar surface area (TPSA) is 24.1 Å². The first-order chi connectivity index (χ1) is 10.5. The van der Waals surface area contributed by atoms with Gasteiger partial charge in [-0.2, -0.15) is 0 Å². The van der Waals surface area contributed by atoms with E-state index in [1.54, 1.807) is 0 Å². The average molecular weight is 325 g/mol. The highest BCUT2D eigenvalue weighted by Crippen LogP contribution is 2.40. The van der Waals surface area contributed by atoms with Crippen molar-refractivity contribution >= 4 is 17.3 Å². The Kier molecular flexibility index (Phi) is 6.98. The van der Waals surface area contributed by atoms with Crippen molar-refractivity contribution in [2.24, 2.45) is 23.7 Å². The first-order valence-electron chi connectivity index (χ1n) is 9.62. The highest BCUT2D eigenvalue weighted by Gasteiger charge is 2.37. The number of hydrogen-bond donors (Lipinski definition) is 2. The molecule has 22 heavy (non-hydrogen) atoms. The fraction of sp³-hybridized carbons (Fsp3) is 0.947. The molecule has 0 aromatic heterocycles. The lowest BCUT2D eigenvalue weighted by atomic mass is 9.67. The summed E-state index contributed by atoms with van der Waals surface area (Å²) in [6.07, 6.45) is 10.6. The molecule has 0 aromatic carbocycles. The van der Waals surface area contributed by atoms with Crippen LogP contribution < -0.4 is 10.6 Å². The zero-order valence-electron chi connectivity index (χ0n) is 15.0. The zero-order chi connectivity index (χ0) is 16.1. The summed E-state index contributed by atoms with van der Waals surface area (Å²) in [6.45, 7) is 9.48. The molecule has 3 heteroatoms. The lowest BCUT2D eigenvalue weighted by molar-refractivity contribution is 0.113. The number of nitrogens with one attached hydrogen (secondary N) is 2. The summed E-state index contributed by atoms with van der Waals surface area (Å²) in [4.78, 5) is 0. The van der Waals surface area contributed by atoms with E-state index < -0.39 is 0 Å². The molecule has 2 unspecified atom stereocenters. The van der Waals surface area contributed by atoms with E-state index in [-0.39, 0.29) is 0 Å². The molecule has 0 saturated heterocycles. The van der Waals surface area contributed by atoms with Gasteiger partial charge in [-0.05, 0) is 61.6 Å². The molecule has 2 rings (SSSR count). The molecule has 2 atom stereocenters. The Labute approximate surface area is 143 Å². The largest absolute Gasteiger partial charge is 0.360 e. The maximum Gasteiger partial charge on any atom is 0.166 e. The van der Waals surface area contributed by atoms with Gasteiger partial charge in [0.05, 0.1) is 0 Å². The maximum atomic E-state index is 5.63. The number of hydrogen-bond acceptors (Lipinski definition) is 1. The van der Waals surface area contributed by atoms with Gasteiger partial charge in [0.15, 0.2) is 5.11 Å². The van der Waals surface area contributed by atoms with Crippen molar-refractivity contribution in [2.75, 3.05) is 0 Å². The Morgan fingerprint density at radius 3 is 2.00 bits per heavy atom. The van der Waals surface area contributed by atoms with Crippen LogP contribution >= 0.6 is 12.2 Å². The smallest absolute Gasteiger partial charge is 0.166 e. The van der Waals surface area contributed by atoms with Crippen LogP contribution in [-0.4, -0.2) is 17.2 Å². The second-order valence-electron chi connectivity index (χ2n) is 7.94. The predicted octanol–water partition coefficient (Wildman–Crippen LogP) is 4.88. The Balaban J connectivity index is 1.95. The normalized spacial score (nSPS) is 33.1. The van der Waals surface area contributed by atoms with Crippen LogP contribution in [0.4, 0.5) is 0 Å². The zero-order valence-corrected chi connectivity index (χ0v) is 15.8. The van der Waals surface area contributed by atoms with Crippen LogP contribution in [-0.2, 0) is 0 Å². The van der Waals surface area contributed by atoms with Crippen LogP contribution in [0.3, 0.4) is 0 Å². The van der Waals surface area contributed by atoms with E-state index in [9.17, 15) is 0 Å². The number of rotatable bonds is 5. The van der Waals surface area contributed by atoms with E-state index in [0.29, 0.717) is 12.1 Å². The molecule has 0 aromatic rings. The fourth-order valence-electron chi connectivity index (χ4n) is 4.62. The third kappa shape index (κ3) is 4.59. The minimum atomic E-state index is 0.575. The second kappa shape index (κ2) is 8.52. The summed E-state index contributed by atoms with van der Waals surface area (Å²) in [7, 11) is 0. The van der Waals surface area contributed by atoms with Crippen LogP contribution in [0, 0.1) is 23.7 Å². The molecule has 2 saturated carbocycles. The Bertz CT molecular complexity index is 335. The Morgan fingerprint density at radius 1 is 1.00 bits per heavy atom. The third-order valence-electron chi connectivity index (χ3n) is 6.21. The molecule has 0 amide bonds. The molecular weight excluding hydrogens is 288 g/mol. The van der Waals surface area contributed by atoms with Crippen molar-refractivity contribution < 1.29 is 0 Å². The first-order valence-corrected chi connectivity index (χ1v) is 10.0. The molecule has 2 nitrogen and oxygen atoms in total. The predicted molar refractivity (Wildman–Crippen MR) is 100 cm³/mol. The van der Waals surface area contributed by atoms with Gasteiger partial charge in [0.1, 0.15) is 0 Å². The molecule has 128 valence electrons. The van der Waals surface area contributed by atoms with Crippen molar-refractivity contribution in [1.82, 2.24) is 10.6 Å². The van der Waals surface area contributed by atoms with Gasteiger partial charge in [-0.3, -0.25) is 0 Å². The van der Waals surface area contributed by atoms with Gasteiger partial charge in [-0.15, -0.1) is 0 Å². The summed E-state index contributed by atoms with van der Waals surface area (Å²) in [5, 5.41) is 8.21. The van der Waals surface area contributed by atoms with Gasteiger partial charge in [-0.25, -0.2) is 0 Å². The lowest BCUT2D eigenvalue weighted by Gasteiger charge is -2.44. The number of thiocarbonyl (C=S) groups is 1. The third-order valence-corrected chi connectivity index (χ3v) is 6.44. The summed E-state index contributed by atoms with van der Waals surface area (Å²) >= 11 is 5.63. The van der Waals surface area contributed by atoms with Gasteiger partial charge < -0.3 is 10.6 Å². The molecule has 2 aliphatic carbocycles. The van der Waals surface area contributed by atoms with Crippen LogP contribution in [0.25, 0.3) is 0 Å². The fourth-order valence-corrected chi connectivity index (χ4v) is 4.92.